The van der Waals surface area contributed by atoms with Crippen molar-refractivity contribution in [3.63, 3.8) is 0 Å². The molecule has 0 aromatic heterocycles. The van der Waals surface area contributed by atoms with Crippen molar-refractivity contribution >= 4 is 18.3 Å². The molecule has 0 radical (unpaired) electrons. The van der Waals surface area contributed by atoms with Gasteiger partial charge in [-0.05, 0) is 38.3 Å². The first-order valence-electron chi connectivity index (χ1n) is 7.92. The van der Waals surface area contributed by atoms with Gasteiger partial charge in [0.2, 0.25) is 5.91 Å². The van der Waals surface area contributed by atoms with E-state index in [1.54, 1.807) is 0 Å². The second-order valence-corrected chi connectivity index (χ2v) is 5.61. The third-order valence-corrected chi connectivity index (χ3v) is 3.92. The number of halogens is 1. The van der Waals surface area contributed by atoms with Crippen molar-refractivity contribution in [2.45, 2.75) is 32.3 Å². The molecule has 2 atom stereocenters. The van der Waals surface area contributed by atoms with Gasteiger partial charge < -0.3 is 15.4 Å². The minimum absolute atomic E-state index is 0. The summed E-state index contributed by atoms with van der Waals surface area (Å²) in [6, 6.07) is 10.2. The molecule has 1 aliphatic heterocycles. The Bertz CT molecular complexity index is 422. The average molecular weight is 327 g/mol. The van der Waals surface area contributed by atoms with Gasteiger partial charge in [-0.2, -0.15) is 0 Å². The maximum atomic E-state index is 11.9. The molecule has 1 fully saturated rings. The summed E-state index contributed by atoms with van der Waals surface area (Å²) < 4.78 is 5.79. The van der Waals surface area contributed by atoms with Crippen LogP contribution in [0.25, 0.3) is 0 Å². The summed E-state index contributed by atoms with van der Waals surface area (Å²) in [5.41, 5.74) is 1.19. The number of amides is 1. The van der Waals surface area contributed by atoms with Gasteiger partial charge in [0.25, 0.3) is 0 Å². The Balaban J connectivity index is 0.00000242. The molecule has 0 saturated carbocycles. The molecule has 5 heteroatoms. The van der Waals surface area contributed by atoms with Crippen molar-refractivity contribution < 1.29 is 9.53 Å². The van der Waals surface area contributed by atoms with Crippen LogP contribution in [0.4, 0.5) is 0 Å². The van der Waals surface area contributed by atoms with E-state index in [1.165, 1.54) is 5.56 Å². The normalized spacial score (nSPS) is 19.0. The highest BCUT2D eigenvalue weighted by molar-refractivity contribution is 5.85. The lowest BCUT2D eigenvalue weighted by Gasteiger charge is -2.22. The van der Waals surface area contributed by atoms with Crippen molar-refractivity contribution in [2.75, 3.05) is 26.2 Å². The monoisotopic (exact) mass is 326 g/mol. The summed E-state index contributed by atoms with van der Waals surface area (Å²) in [4.78, 5) is 11.9. The average Bonchev–Trinajstić information content (AvgIpc) is 2.55. The minimum atomic E-state index is 0. The second-order valence-electron chi connectivity index (χ2n) is 5.61. The van der Waals surface area contributed by atoms with Gasteiger partial charge in [-0.25, -0.2) is 0 Å². The number of benzene rings is 1. The van der Waals surface area contributed by atoms with Crippen LogP contribution in [0, 0.1) is 5.92 Å². The molecule has 0 aliphatic carbocycles. The lowest BCUT2D eigenvalue weighted by molar-refractivity contribution is -0.125. The molecule has 1 amide bonds. The van der Waals surface area contributed by atoms with Crippen molar-refractivity contribution in [1.82, 2.24) is 10.6 Å². The van der Waals surface area contributed by atoms with Crippen molar-refractivity contribution in [2.24, 2.45) is 5.92 Å². The summed E-state index contributed by atoms with van der Waals surface area (Å²) in [5.74, 6) is 0.321. The Morgan fingerprint density at radius 3 is 2.86 bits per heavy atom. The molecule has 0 bridgehead atoms. The molecule has 4 nitrogen and oxygen atoms in total. The zero-order valence-corrected chi connectivity index (χ0v) is 14.0. The van der Waals surface area contributed by atoms with Gasteiger partial charge in [0.1, 0.15) is 0 Å². The first kappa shape index (κ1) is 18.9. The van der Waals surface area contributed by atoms with E-state index in [0.29, 0.717) is 13.2 Å². The number of piperidine rings is 1. The van der Waals surface area contributed by atoms with Gasteiger partial charge in [0.05, 0.1) is 12.0 Å². The van der Waals surface area contributed by atoms with Crippen LogP contribution in [0.2, 0.25) is 0 Å². The fourth-order valence-electron chi connectivity index (χ4n) is 2.58. The maximum Gasteiger partial charge on any atom is 0.224 e. The predicted molar refractivity (Wildman–Crippen MR) is 91.3 cm³/mol. The SMILES string of the molecule is CC(OCCCNC(=O)C1CCCNC1)c1ccccc1.Cl. The molecule has 2 N–H and O–H groups in total. The fraction of sp³-hybridized carbons (Fsp3) is 0.588. The van der Waals surface area contributed by atoms with Crippen LogP contribution in [-0.2, 0) is 9.53 Å². The fourth-order valence-corrected chi connectivity index (χ4v) is 2.58. The van der Waals surface area contributed by atoms with Crippen LogP contribution in [0.1, 0.15) is 37.9 Å². The molecule has 1 saturated heterocycles. The Hall–Kier alpha value is -1.10. The van der Waals surface area contributed by atoms with E-state index in [1.807, 2.05) is 18.2 Å². The topological polar surface area (TPSA) is 50.4 Å². The van der Waals surface area contributed by atoms with E-state index in [4.69, 9.17) is 4.74 Å². The zero-order chi connectivity index (χ0) is 14.9. The van der Waals surface area contributed by atoms with Crippen LogP contribution in [0.15, 0.2) is 30.3 Å². The lowest BCUT2D eigenvalue weighted by Crippen LogP contribution is -2.40. The largest absolute Gasteiger partial charge is 0.374 e. The van der Waals surface area contributed by atoms with E-state index in [2.05, 4.69) is 29.7 Å². The molecule has 1 heterocycles. The number of carbonyl (C=O) groups is 1. The molecule has 2 unspecified atom stereocenters. The Morgan fingerprint density at radius 2 is 2.18 bits per heavy atom. The first-order chi connectivity index (χ1) is 10.3. The maximum absolute atomic E-state index is 11.9. The smallest absolute Gasteiger partial charge is 0.224 e. The van der Waals surface area contributed by atoms with Gasteiger partial charge in [0.15, 0.2) is 0 Å². The van der Waals surface area contributed by atoms with Gasteiger partial charge >= 0.3 is 0 Å². The summed E-state index contributed by atoms with van der Waals surface area (Å²) in [6.07, 6.45) is 3.05. The van der Waals surface area contributed by atoms with Crippen molar-refractivity contribution in [1.29, 1.82) is 0 Å². The molecule has 124 valence electrons. The highest BCUT2D eigenvalue weighted by Crippen LogP contribution is 2.15. The lowest BCUT2D eigenvalue weighted by atomic mass is 9.99. The molecule has 1 aromatic carbocycles. The molecular weight excluding hydrogens is 300 g/mol. The number of rotatable bonds is 7. The predicted octanol–water partition coefficient (Wildman–Crippen LogP) is 2.69. The highest BCUT2D eigenvalue weighted by Gasteiger charge is 2.20. The second kappa shape index (κ2) is 10.6. The summed E-state index contributed by atoms with van der Waals surface area (Å²) >= 11 is 0. The zero-order valence-electron chi connectivity index (χ0n) is 13.2. The minimum Gasteiger partial charge on any atom is -0.374 e. The Kier molecular flexibility index (Phi) is 9.13. The highest BCUT2D eigenvalue weighted by atomic mass is 35.5. The van der Waals surface area contributed by atoms with Crippen LogP contribution in [0.5, 0.6) is 0 Å². The van der Waals surface area contributed by atoms with Crippen LogP contribution in [-0.4, -0.2) is 32.1 Å². The van der Waals surface area contributed by atoms with Crippen molar-refractivity contribution in [3.8, 4) is 0 Å². The Labute approximate surface area is 139 Å². The summed E-state index contributed by atoms with van der Waals surface area (Å²) in [6.45, 7) is 5.26. The number of ether oxygens (including phenoxy) is 1. The molecule has 1 aromatic rings. The third-order valence-electron chi connectivity index (χ3n) is 3.92. The molecule has 1 aliphatic rings. The number of hydrogen-bond acceptors (Lipinski definition) is 3. The van der Waals surface area contributed by atoms with Gasteiger partial charge in [0, 0.05) is 19.7 Å². The van der Waals surface area contributed by atoms with Crippen molar-refractivity contribution in [3.05, 3.63) is 35.9 Å². The van der Waals surface area contributed by atoms with Crippen LogP contribution < -0.4 is 10.6 Å². The van der Waals surface area contributed by atoms with Crippen LogP contribution >= 0.6 is 12.4 Å². The number of hydrogen-bond donors (Lipinski definition) is 2. The van der Waals surface area contributed by atoms with Gasteiger partial charge in [-0.15, -0.1) is 12.4 Å². The molecular formula is C17H27ClN2O2. The number of carbonyl (C=O) groups excluding carboxylic acids is 1. The van der Waals surface area contributed by atoms with Gasteiger partial charge in [-0.1, -0.05) is 30.3 Å². The summed E-state index contributed by atoms with van der Waals surface area (Å²) in [5, 5.41) is 6.27. The number of nitrogens with one attached hydrogen (secondary N) is 2. The van der Waals surface area contributed by atoms with Crippen LogP contribution in [0.3, 0.4) is 0 Å². The van der Waals surface area contributed by atoms with E-state index in [9.17, 15) is 4.79 Å². The Morgan fingerprint density at radius 1 is 1.41 bits per heavy atom. The van der Waals surface area contributed by atoms with E-state index in [0.717, 1.165) is 32.4 Å². The quantitative estimate of drug-likeness (QED) is 0.757. The summed E-state index contributed by atoms with van der Waals surface area (Å²) in [7, 11) is 0. The van der Waals surface area contributed by atoms with E-state index in [-0.39, 0.29) is 30.3 Å². The molecule has 2 rings (SSSR count). The molecule has 0 spiro atoms. The van der Waals surface area contributed by atoms with E-state index < -0.39 is 0 Å². The van der Waals surface area contributed by atoms with E-state index >= 15 is 0 Å². The third kappa shape index (κ3) is 6.34. The standard InChI is InChI=1S/C17H26N2O2.ClH/c1-14(15-7-3-2-4-8-15)21-12-6-11-19-17(20)16-9-5-10-18-13-16;/h2-4,7-8,14,16,18H,5-6,9-13H2,1H3,(H,19,20);1H. The molecule has 22 heavy (non-hydrogen) atoms. The van der Waals surface area contributed by atoms with Gasteiger partial charge in [-0.3, -0.25) is 4.79 Å². The first-order valence-corrected chi connectivity index (χ1v) is 7.92.